The fourth-order valence-corrected chi connectivity index (χ4v) is 7.14. The van der Waals surface area contributed by atoms with Crippen molar-refractivity contribution < 1.29 is 23.2 Å². The van der Waals surface area contributed by atoms with Gasteiger partial charge in [-0.15, -0.1) is 0 Å². The molecule has 0 bridgehead atoms. The third-order valence-electron chi connectivity index (χ3n) is 9.44. The molecular weight excluding hydrogens is 583 g/mol. The average molecular weight is 642 g/mol. The van der Waals surface area contributed by atoms with Crippen LogP contribution >= 0.6 is 0 Å². The number of unbranched alkanes of at least 4 members (excludes halogenated alkanes) is 2. The average Bonchev–Trinajstić information content (AvgIpc) is 2.92. The van der Waals surface area contributed by atoms with Crippen molar-refractivity contribution in [3.05, 3.63) is 47.8 Å². The summed E-state index contributed by atoms with van der Waals surface area (Å²) in [7, 11) is -3.00. The Labute approximate surface area is 269 Å². The number of benzene rings is 1. The Morgan fingerprint density at radius 1 is 0.886 bits per heavy atom. The van der Waals surface area contributed by atoms with Gasteiger partial charge in [0.05, 0.1) is 25.0 Å². The van der Waals surface area contributed by atoms with Crippen LogP contribution in [0.4, 0.5) is 0 Å². The van der Waals surface area contributed by atoms with Crippen LogP contribution in [-0.2, 0) is 18.4 Å². The van der Waals surface area contributed by atoms with E-state index in [1.54, 1.807) is 0 Å². The number of Topliss-reactive ketones (excluding diaryl/α,β-unsaturated/α-hetero) is 1. The Hall–Kier alpha value is -2.14. The summed E-state index contributed by atoms with van der Waals surface area (Å²) < 4.78 is 19.1. The molecule has 0 fully saturated rings. The second-order valence-corrected chi connectivity index (χ2v) is 24.6. The van der Waals surface area contributed by atoms with Gasteiger partial charge in [-0.1, -0.05) is 91.6 Å². The van der Waals surface area contributed by atoms with Gasteiger partial charge in [-0.05, 0) is 73.1 Å². The maximum atomic E-state index is 13.3. The number of hydrogen-bond donors (Lipinski definition) is 0. The first-order chi connectivity index (χ1) is 20.3. The van der Waals surface area contributed by atoms with Crippen LogP contribution < -0.4 is 0 Å². The van der Waals surface area contributed by atoms with Crippen molar-refractivity contribution in [3.63, 3.8) is 0 Å². The number of fused-ring (bicyclic) bond motifs is 1. The summed E-state index contributed by atoms with van der Waals surface area (Å²) in [6.07, 6.45) is 8.58. The highest BCUT2D eigenvalue weighted by atomic mass is 28.4. The number of ether oxygens (including phenoxy) is 1. The van der Waals surface area contributed by atoms with Gasteiger partial charge in [0.25, 0.3) is 0 Å². The lowest BCUT2D eigenvalue weighted by molar-refractivity contribution is -0.140. The minimum absolute atomic E-state index is 0.00573. The van der Waals surface area contributed by atoms with Gasteiger partial charge in [0.2, 0.25) is 0 Å². The van der Waals surface area contributed by atoms with Crippen molar-refractivity contribution in [3.8, 4) is 0 Å². The number of aromatic nitrogens is 1. The standard InChI is InChI=1S/C36H59NO5Si2/c1-13-14-15-21-30(38)34-29-20-17-16-19-27(29)26-28(37-34)24-25-32(42-44(11,12)36(5,6)7)31(22-18-23-33(39)40-8)41-43(9,10)35(2,3)4/h16-17,19-20,24-26,31-32H,13-15,18,21-23H2,1-12H3/b25-24+. The van der Waals surface area contributed by atoms with Gasteiger partial charge in [-0.25, -0.2) is 4.98 Å². The van der Waals surface area contributed by atoms with Crippen molar-refractivity contribution in [2.75, 3.05) is 7.11 Å². The number of carbonyl (C=O) groups is 2. The van der Waals surface area contributed by atoms with E-state index in [1.165, 1.54) is 7.11 Å². The number of methoxy groups -OCH3 is 1. The highest BCUT2D eigenvalue weighted by Gasteiger charge is 2.44. The summed E-state index contributed by atoms with van der Waals surface area (Å²) in [6, 6.07) is 10.0. The minimum Gasteiger partial charge on any atom is -0.469 e. The van der Waals surface area contributed by atoms with Crippen molar-refractivity contribution >= 4 is 45.2 Å². The summed E-state index contributed by atoms with van der Waals surface area (Å²) in [4.78, 5) is 30.2. The fraction of sp³-hybridized carbons (Fsp3) is 0.639. The van der Waals surface area contributed by atoms with Crippen LogP contribution in [0, 0.1) is 0 Å². The SMILES string of the molecule is CCCCCC(=O)c1nc(/C=C/C(O[Si](C)(C)C(C)(C)C)C(CCCC(=O)OC)O[Si](C)(C)C(C)(C)C)cc2ccccc12. The lowest BCUT2D eigenvalue weighted by atomic mass is 10.0. The Morgan fingerprint density at radius 2 is 1.50 bits per heavy atom. The first-order valence-electron chi connectivity index (χ1n) is 16.4. The molecule has 0 aliphatic heterocycles. The van der Waals surface area contributed by atoms with Crippen LogP contribution in [0.1, 0.15) is 110 Å². The molecule has 0 aliphatic rings. The third-order valence-corrected chi connectivity index (χ3v) is 18.4. The van der Waals surface area contributed by atoms with Crippen LogP contribution in [0.5, 0.6) is 0 Å². The first kappa shape index (κ1) is 38.0. The Balaban J connectivity index is 2.61. The zero-order valence-electron chi connectivity index (χ0n) is 29.6. The summed E-state index contributed by atoms with van der Waals surface area (Å²) in [6.45, 7) is 24.6. The molecule has 0 spiro atoms. The van der Waals surface area contributed by atoms with E-state index in [2.05, 4.69) is 80.7 Å². The number of rotatable bonds is 16. The number of carbonyl (C=O) groups excluding carboxylic acids is 2. The zero-order chi connectivity index (χ0) is 33.3. The van der Waals surface area contributed by atoms with Gasteiger partial charge < -0.3 is 13.6 Å². The largest absolute Gasteiger partial charge is 0.469 e. The highest BCUT2D eigenvalue weighted by molar-refractivity contribution is 6.74. The molecule has 0 amide bonds. The number of esters is 1. The highest BCUT2D eigenvalue weighted by Crippen LogP contribution is 2.41. The summed E-state index contributed by atoms with van der Waals surface area (Å²) in [5.74, 6) is -0.133. The molecule has 0 saturated heterocycles. The maximum Gasteiger partial charge on any atom is 0.305 e. The summed E-state index contributed by atoms with van der Waals surface area (Å²) in [5.41, 5.74) is 1.26. The van der Waals surface area contributed by atoms with Gasteiger partial charge in [-0.3, -0.25) is 9.59 Å². The van der Waals surface area contributed by atoms with Crippen LogP contribution in [0.2, 0.25) is 36.3 Å². The molecule has 8 heteroatoms. The number of hydrogen-bond acceptors (Lipinski definition) is 6. The Kier molecular flexibility index (Phi) is 13.8. The molecule has 1 aromatic heterocycles. The van der Waals surface area contributed by atoms with Crippen LogP contribution in [0.3, 0.4) is 0 Å². The van der Waals surface area contributed by atoms with Crippen LogP contribution in [0.25, 0.3) is 16.8 Å². The van der Waals surface area contributed by atoms with Crippen molar-refractivity contribution in [1.82, 2.24) is 4.98 Å². The maximum absolute atomic E-state index is 13.3. The molecule has 246 valence electrons. The predicted molar refractivity (Wildman–Crippen MR) is 189 cm³/mol. The second kappa shape index (κ2) is 15.9. The molecule has 0 saturated carbocycles. The minimum atomic E-state index is -2.23. The molecule has 2 rings (SSSR count). The molecule has 1 aromatic carbocycles. The summed E-state index contributed by atoms with van der Waals surface area (Å²) in [5, 5.41) is 1.88. The Morgan fingerprint density at radius 3 is 2.09 bits per heavy atom. The molecule has 2 atom stereocenters. The first-order valence-corrected chi connectivity index (χ1v) is 22.2. The number of pyridine rings is 1. The van der Waals surface area contributed by atoms with Gasteiger partial charge >= 0.3 is 5.97 Å². The van der Waals surface area contributed by atoms with E-state index in [4.69, 9.17) is 18.6 Å². The molecule has 6 nitrogen and oxygen atoms in total. The fourth-order valence-electron chi connectivity index (χ4n) is 4.52. The smallest absolute Gasteiger partial charge is 0.305 e. The molecule has 1 heterocycles. The molecule has 0 N–H and O–H groups in total. The Bertz CT molecular complexity index is 1270. The molecule has 0 radical (unpaired) electrons. The van der Waals surface area contributed by atoms with Crippen LogP contribution in [-0.4, -0.2) is 52.7 Å². The van der Waals surface area contributed by atoms with Crippen molar-refractivity contribution in [1.29, 1.82) is 0 Å². The van der Waals surface area contributed by atoms with Gasteiger partial charge in [0, 0.05) is 18.2 Å². The van der Waals surface area contributed by atoms with Crippen molar-refractivity contribution in [2.45, 2.75) is 142 Å². The lowest BCUT2D eigenvalue weighted by Gasteiger charge is -2.44. The molecule has 0 aliphatic carbocycles. The third kappa shape index (κ3) is 10.7. The van der Waals surface area contributed by atoms with Crippen molar-refractivity contribution in [2.24, 2.45) is 0 Å². The molecule has 2 aromatic rings. The van der Waals surface area contributed by atoms with Gasteiger partial charge in [-0.2, -0.15) is 0 Å². The van der Waals surface area contributed by atoms with Gasteiger partial charge in [0.1, 0.15) is 5.69 Å². The van der Waals surface area contributed by atoms with Crippen LogP contribution in [0.15, 0.2) is 36.4 Å². The second-order valence-electron chi connectivity index (χ2n) is 15.1. The van der Waals surface area contributed by atoms with E-state index in [-0.39, 0.29) is 34.0 Å². The number of ketones is 1. The topological polar surface area (TPSA) is 74.7 Å². The molecule has 44 heavy (non-hydrogen) atoms. The number of nitrogens with zero attached hydrogens (tertiary/aromatic N) is 1. The summed E-state index contributed by atoms with van der Waals surface area (Å²) >= 11 is 0. The zero-order valence-corrected chi connectivity index (χ0v) is 31.6. The monoisotopic (exact) mass is 641 g/mol. The molecular formula is C36H59NO5Si2. The quantitative estimate of drug-likeness (QED) is 0.0786. The van der Waals surface area contributed by atoms with E-state index in [0.717, 1.165) is 35.7 Å². The van der Waals surface area contributed by atoms with E-state index in [0.29, 0.717) is 31.4 Å². The predicted octanol–water partition coefficient (Wildman–Crippen LogP) is 10.1. The van der Waals surface area contributed by atoms with E-state index >= 15 is 0 Å². The lowest BCUT2D eigenvalue weighted by Crippen LogP contribution is -2.51. The van der Waals surface area contributed by atoms with E-state index in [1.807, 2.05) is 36.4 Å². The van der Waals surface area contributed by atoms with E-state index < -0.39 is 16.6 Å². The van der Waals surface area contributed by atoms with Gasteiger partial charge in [0.15, 0.2) is 22.4 Å². The normalized spacial score (nSPS) is 14.6. The van der Waals surface area contributed by atoms with E-state index in [9.17, 15) is 9.59 Å². The molecule has 2 unspecified atom stereocenters.